The van der Waals surface area contributed by atoms with Gasteiger partial charge in [0.25, 0.3) is 0 Å². The summed E-state index contributed by atoms with van der Waals surface area (Å²) >= 11 is 0. The third-order valence-electron chi connectivity index (χ3n) is 6.10. The molecule has 2 aromatic carbocycles. The molecule has 0 aromatic heterocycles. The number of carbonyl (C=O) groups is 1. The number of aliphatic hydroxyl groups is 1. The lowest BCUT2D eigenvalue weighted by Gasteiger charge is -2.27. The maximum Gasteiger partial charge on any atom is 0.331 e. The molecule has 0 fully saturated rings. The number of methoxy groups -OCH3 is 2. The van der Waals surface area contributed by atoms with E-state index in [9.17, 15) is 15.2 Å². The molecule has 0 spiro atoms. The van der Waals surface area contributed by atoms with E-state index >= 15 is 0 Å². The van der Waals surface area contributed by atoms with Gasteiger partial charge in [0.2, 0.25) is 0 Å². The monoisotopic (exact) mass is 468 g/mol. The van der Waals surface area contributed by atoms with E-state index < -0.39 is 11.4 Å². The minimum absolute atomic E-state index is 0.186. The topological polar surface area (TPSA) is 92.0 Å². The first-order chi connectivity index (χ1) is 16.3. The van der Waals surface area contributed by atoms with Crippen LogP contribution in [0.2, 0.25) is 0 Å². The molecule has 2 rings (SSSR count). The van der Waals surface area contributed by atoms with E-state index in [-0.39, 0.29) is 13.2 Å². The van der Waals surface area contributed by atoms with Gasteiger partial charge in [-0.25, -0.2) is 4.79 Å². The fraction of sp³-hybridized carbons (Fsp3) is 0.481. The van der Waals surface area contributed by atoms with Gasteiger partial charge in [-0.15, -0.1) is 0 Å². The Morgan fingerprint density at radius 3 is 2.47 bits per heavy atom. The number of carbonyl (C=O) groups excluding carboxylic acids is 1. The molecule has 0 saturated carbocycles. The second-order valence-corrected chi connectivity index (χ2v) is 8.38. The van der Waals surface area contributed by atoms with E-state index in [1.165, 1.54) is 12.7 Å². The lowest BCUT2D eigenvalue weighted by atomic mass is 9.77. The zero-order valence-corrected chi connectivity index (χ0v) is 20.9. The molecule has 0 heterocycles. The van der Waals surface area contributed by atoms with Crippen LogP contribution in [0.25, 0.3) is 0 Å². The number of hydrogen-bond acceptors (Lipinski definition) is 7. The van der Waals surface area contributed by atoms with Crippen LogP contribution < -0.4 is 9.47 Å². The highest BCUT2D eigenvalue weighted by Crippen LogP contribution is 2.34. The summed E-state index contributed by atoms with van der Waals surface area (Å²) in [6.07, 6.45) is 1.80. The summed E-state index contributed by atoms with van der Waals surface area (Å²) in [6.45, 7) is 5.23. The molecule has 0 aliphatic carbocycles. The predicted octanol–water partition coefficient (Wildman–Crippen LogP) is 3.78. The summed E-state index contributed by atoms with van der Waals surface area (Å²) in [5, 5.41) is 19.8. The highest BCUT2D eigenvalue weighted by Gasteiger charge is 2.42. The number of hydrogen-bond donors (Lipinski definition) is 1. The van der Waals surface area contributed by atoms with E-state index in [1.54, 1.807) is 32.2 Å². The molecule has 0 bridgehead atoms. The summed E-state index contributed by atoms with van der Waals surface area (Å²) in [7, 11) is 5.22. The lowest BCUT2D eigenvalue weighted by Crippen LogP contribution is -2.37. The van der Waals surface area contributed by atoms with E-state index in [2.05, 4.69) is 29.2 Å². The van der Waals surface area contributed by atoms with Gasteiger partial charge in [-0.05, 0) is 81.6 Å². The molecule has 7 nitrogen and oxygen atoms in total. The molecular formula is C27H36N2O5. The summed E-state index contributed by atoms with van der Waals surface area (Å²) in [5.74, 6) is 0.825. The second kappa shape index (κ2) is 13.0. The van der Waals surface area contributed by atoms with Gasteiger partial charge in [0, 0.05) is 12.1 Å². The summed E-state index contributed by atoms with van der Waals surface area (Å²) in [4.78, 5) is 15.1. The zero-order valence-electron chi connectivity index (χ0n) is 20.9. The van der Waals surface area contributed by atoms with Crippen molar-refractivity contribution in [3.05, 3.63) is 58.7 Å². The van der Waals surface area contributed by atoms with Crippen LogP contribution in [0.3, 0.4) is 0 Å². The standard InChI is InChI=1S/C27H36N2O5/c1-6-34-26(31)27(19-28,23-10-11-24(32-4)22(17-23)18-30)13-7-14-29(3)15-12-21-9-8-20(2)25(16-21)33-5/h8-11,16-17,30H,6-7,12-15,18H2,1-5H3. The number of nitriles is 1. The average Bonchev–Trinajstić information content (AvgIpc) is 2.85. The predicted molar refractivity (Wildman–Crippen MR) is 131 cm³/mol. The van der Waals surface area contributed by atoms with Gasteiger partial charge in [-0.3, -0.25) is 0 Å². The van der Waals surface area contributed by atoms with Crippen LogP contribution in [0.1, 0.15) is 42.0 Å². The first kappa shape index (κ1) is 27.2. The normalized spacial score (nSPS) is 12.6. The summed E-state index contributed by atoms with van der Waals surface area (Å²) in [6, 6.07) is 13.5. The van der Waals surface area contributed by atoms with Crippen LogP contribution in [0.4, 0.5) is 0 Å². The Kier molecular flexibility index (Phi) is 10.4. The molecule has 34 heavy (non-hydrogen) atoms. The van der Waals surface area contributed by atoms with Gasteiger partial charge >= 0.3 is 5.97 Å². The van der Waals surface area contributed by atoms with Gasteiger partial charge in [0.15, 0.2) is 5.41 Å². The molecule has 0 saturated heterocycles. The van der Waals surface area contributed by atoms with Gasteiger partial charge in [-0.1, -0.05) is 18.2 Å². The van der Waals surface area contributed by atoms with E-state index in [4.69, 9.17) is 14.2 Å². The molecule has 7 heteroatoms. The molecule has 0 radical (unpaired) electrons. The van der Waals surface area contributed by atoms with Crippen molar-refractivity contribution in [3.8, 4) is 17.6 Å². The largest absolute Gasteiger partial charge is 0.496 e. The first-order valence-corrected chi connectivity index (χ1v) is 11.5. The van der Waals surface area contributed by atoms with Crippen molar-refractivity contribution in [2.24, 2.45) is 0 Å². The Balaban J connectivity index is 2.11. The van der Waals surface area contributed by atoms with Crippen molar-refractivity contribution in [2.45, 2.75) is 45.1 Å². The van der Waals surface area contributed by atoms with Crippen LogP contribution in [0.5, 0.6) is 11.5 Å². The Hall–Kier alpha value is -3.08. The zero-order chi connectivity index (χ0) is 25.1. The van der Waals surface area contributed by atoms with E-state index in [0.29, 0.717) is 29.7 Å². The van der Waals surface area contributed by atoms with Crippen molar-refractivity contribution < 1.29 is 24.1 Å². The van der Waals surface area contributed by atoms with Crippen LogP contribution in [-0.2, 0) is 28.0 Å². The Labute approximate surface area is 202 Å². The number of benzene rings is 2. The van der Waals surface area contributed by atoms with Crippen LogP contribution in [-0.4, -0.2) is 56.9 Å². The fourth-order valence-corrected chi connectivity index (χ4v) is 4.02. The van der Waals surface area contributed by atoms with Gasteiger partial charge in [-0.2, -0.15) is 5.26 Å². The fourth-order valence-electron chi connectivity index (χ4n) is 4.02. The van der Waals surface area contributed by atoms with Gasteiger partial charge in [0.1, 0.15) is 11.5 Å². The highest BCUT2D eigenvalue weighted by molar-refractivity contribution is 5.87. The Morgan fingerprint density at radius 1 is 1.12 bits per heavy atom. The minimum Gasteiger partial charge on any atom is -0.496 e. The number of rotatable bonds is 13. The molecule has 0 aliphatic heterocycles. The maximum atomic E-state index is 13.0. The summed E-state index contributed by atoms with van der Waals surface area (Å²) in [5.41, 5.74) is 1.88. The van der Waals surface area contributed by atoms with Crippen molar-refractivity contribution in [2.75, 3.05) is 41.0 Å². The lowest BCUT2D eigenvalue weighted by molar-refractivity contribution is -0.148. The smallest absolute Gasteiger partial charge is 0.331 e. The molecule has 2 aromatic rings. The highest BCUT2D eigenvalue weighted by atomic mass is 16.5. The van der Waals surface area contributed by atoms with Crippen molar-refractivity contribution >= 4 is 5.97 Å². The number of nitrogens with zero attached hydrogens (tertiary/aromatic N) is 2. The van der Waals surface area contributed by atoms with Crippen LogP contribution in [0.15, 0.2) is 36.4 Å². The van der Waals surface area contributed by atoms with Gasteiger partial charge in [0.05, 0.1) is 33.5 Å². The molecule has 184 valence electrons. The van der Waals surface area contributed by atoms with Crippen LogP contribution in [0, 0.1) is 18.3 Å². The molecule has 1 atom stereocenters. The quantitative estimate of drug-likeness (QED) is 0.447. The third-order valence-corrected chi connectivity index (χ3v) is 6.10. The van der Waals surface area contributed by atoms with Gasteiger partial charge < -0.3 is 24.2 Å². The molecular weight excluding hydrogens is 432 g/mol. The van der Waals surface area contributed by atoms with E-state index in [1.807, 2.05) is 14.0 Å². The number of esters is 1. The summed E-state index contributed by atoms with van der Waals surface area (Å²) < 4.78 is 16.0. The molecule has 0 aliphatic rings. The number of aliphatic hydroxyl groups excluding tert-OH is 1. The number of likely N-dealkylation sites (N-methyl/N-ethyl adjacent to an activating group) is 1. The maximum absolute atomic E-state index is 13.0. The third kappa shape index (κ3) is 6.49. The number of aryl methyl sites for hydroxylation is 1. The SMILES string of the molecule is CCOC(=O)C(C#N)(CCCN(C)CCc1ccc(C)c(OC)c1)c1ccc(OC)c(CO)c1. The average molecular weight is 469 g/mol. The molecule has 1 N–H and O–H groups in total. The first-order valence-electron chi connectivity index (χ1n) is 11.5. The van der Waals surface area contributed by atoms with Crippen LogP contribution >= 0.6 is 0 Å². The Morgan fingerprint density at radius 2 is 1.85 bits per heavy atom. The second-order valence-electron chi connectivity index (χ2n) is 8.38. The number of ether oxygens (including phenoxy) is 3. The van der Waals surface area contributed by atoms with Crippen molar-refractivity contribution in [1.29, 1.82) is 5.26 Å². The molecule has 1 unspecified atom stereocenters. The van der Waals surface area contributed by atoms with Crippen molar-refractivity contribution in [1.82, 2.24) is 4.90 Å². The van der Waals surface area contributed by atoms with E-state index in [0.717, 1.165) is 30.8 Å². The molecule has 0 amide bonds. The van der Waals surface area contributed by atoms with Crippen molar-refractivity contribution in [3.63, 3.8) is 0 Å². The Bertz CT molecular complexity index is 1000. The minimum atomic E-state index is -1.45.